The summed E-state index contributed by atoms with van der Waals surface area (Å²) in [6, 6.07) is 0. The van der Waals surface area contributed by atoms with Crippen LogP contribution in [-0.4, -0.2) is 34.3 Å². The largest absolute Gasteiger partial charge is 0.389 e. The summed E-state index contributed by atoms with van der Waals surface area (Å²) in [6.45, 7) is 0.863. The molecule has 5 nitrogen and oxygen atoms in total. The van der Waals surface area contributed by atoms with E-state index in [9.17, 15) is 5.11 Å². The molecule has 1 aliphatic heterocycles. The Morgan fingerprint density at radius 1 is 1.24 bits per heavy atom. The molecule has 3 rings (SSSR count). The summed E-state index contributed by atoms with van der Waals surface area (Å²) < 4.78 is 0. The molecule has 92 valence electrons. The molecule has 1 fully saturated rings. The molecular formula is C12H17N3O2. The number of aliphatic hydroxyl groups is 1. The number of fused-ring (bicyclic) bond motifs is 1. The summed E-state index contributed by atoms with van der Waals surface area (Å²) in [5.74, 6) is 0.855. The van der Waals surface area contributed by atoms with Crippen LogP contribution in [0.3, 0.4) is 0 Å². The van der Waals surface area contributed by atoms with Gasteiger partial charge in [-0.3, -0.25) is 4.84 Å². The van der Waals surface area contributed by atoms with Gasteiger partial charge >= 0.3 is 0 Å². The van der Waals surface area contributed by atoms with Crippen molar-refractivity contribution >= 4 is 5.82 Å². The molecule has 0 amide bonds. The van der Waals surface area contributed by atoms with Gasteiger partial charge in [-0.25, -0.2) is 15.0 Å². The average molecular weight is 235 g/mol. The van der Waals surface area contributed by atoms with Crippen LogP contribution < -0.4 is 5.06 Å². The number of aliphatic hydroxyl groups excluding tert-OH is 1. The zero-order chi connectivity index (χ0) is 11.7. The number of aromatic nitrogens is 2. The standard InChI is InChI=1S/C12H17N3O2/c16-9-6-15(17-7-9)12-10-4-2-1-3-5-11(10)13-8-14-12/h8-9,16H,1-7H2. The number of nitrogens with zero attached hydrogens (tertiary/aromatic N) is 3. The average Bonchev–Trinajstić information content (AvgIpc) is 2.63. The van der Waals surface area contributed by atoms with Gasteiger partial charge in [0, 0.05) is 11.3 Å². The van der Waals surface area contributed by atoms with Crippen LogP contribution in [0.2, 0.25) is 0 Å². The third-order valence-electron chi connectivity index (χ3n) is 3.39. The first kappa shape index (κ1) is 10.9. The quantitative estimate of drug-likeness (QED) is 0.731. The van der Waals surface area contributed by atoms with E-state index in [4.69, 9.17) is 4.84 Å². The highest BCUT2D eigenvalue weighted by molar-refractivity contribution is 5.47. The van der Waals surface area contributed by atoms with E-state index >= 15 is 0 Å². The van der Waals surface area contributed by atoms with Crippen molar-refractivity contribution in [2.24, 2.45) is 0 Å². The molecule has 0 spiro atoms. The highest BCUT2D eigenvalue weighted by Crippen LogP contribution is 2.28. The van der Waals surface area contributed by atoms with Crippen molar-refractivity contribution in [3.63, 3.8) is 0 Å². The number of hydrogen-bond acceptors (Lipinski definition) is 5. The second-order valence-electron chi connectivity index (χ2n) is 4.69. The molecular weight excluding hydrogens is 218 g/mol. The number of anilines is 1. The summed E-state index contributed by atoms with van der Waals surface area (Å²) in [5.41, 5.74) is 2.36. The summed E-state index contributed by atoms with van der Waals surface area (Å²) in [6.07, 6.45) is 6.87. The molecule has 1 atom stereocenters. The number of aryl methyl sites for hydroxylation is 1. The van der Waals surface area contributed by atoms with Crippen molar-refractivity contribution in [2.45, 2.75) is 38.2 Å². The maximum atomic E-state index is 9.51. The molecule has 0 saturated carbocycles. The second kappa shape index (κ2) is 4.58. The first-order valence-electron chi connectivity index (χ1n) is 6.26. The molecule has 0 bridgehead atoms. The van der Waals surface area contributed by atoms with Gasteiger partial charge in [-0.15, -0.1) is 0 Å². The molecule has 1 aromatic rings. The Morgan fingerprint density at radius 2 is 2.12 bits per heavy atom. The van der Waals surface area contributed by atoms with Crippen LogP contribution in [0, 0.1) is 0 Å². The van der Waals surface area contributed by atoms with E-state index < -0.39 is 6.10 Å². The van der Waals surface area contributed by atoms with E-state index in [0.29, 0.717) is 13.2 Å². The zero-order valence-electron chi connectivity index (χ0n) is 9.80. The fourth-order valence-electron chi connectivity index (χ4n) is 2.52. The molecule has 17 heavy (non-hydrogen) atoms. The monoisotopic (exact) mass is 235 g/mol. The maximum absolute atomic E-state index is 9.51. The maximum Gasteiger partial charge on any atom is 0.159 e. The van der Waals surface area contributed by atoms with Crippen LogP contribution >= 0.6 is 0 Å². The number of rotatable bonds is 1. The van der Waals surface area contributed by atoms with E-state index in [2.05, 4.69) is 9.97 Å². The minimum absolute atomic E-state index is 0.360. The first-order valence-corrected chi connectivity index (χ1v) is 6.26. The lowest BCUT2D eigenvalue weighted by Gasteiger charge is -2.19. The minimum Gasteiger partial charge on any atom is -0.389 e. The first-order chi connectivity index (χ1) is 8.34. The second-order valence-corrected chi connectivity index (χ2v) is 4.69. The highest BCUT2D eigenvalue weighted by atomic mass is 16.7. The Balaban J connectivity index is 1.93. The van der Waals surface area contributed by atoms with E-state index in [1.165, 1.54) is 24.8 Å². The topological polar surface area (TPSA) is 58.5 Å². The van der Waals surface area contributed by atoms with E-state index in [0.717, 1.165) is 24.4 Å². The van der Waals surface area contributed by atoms with Crippen molar-refractivity contribution in [1.29, 1.82) is 0 Å². The van der Waals surface area contributed by atoms with Gasteiger partial charge in [-0.2, -0.15) is 0 Å². The summed E-state index contributed by atoms with van der Waals surface area (Å²) >= 11 is 0. The Labute approximate surface area is 100 Å². The fraction of sp³-hybridized carbons (Fsp3) is 0.667. The molecule has 2 heterocycles. The van der Waals surface area contributed by atoms with Crippen molar-refractivity contribution in [3.8, 4) is 0 Å². The van der Waals surface area contributed by atoms with Crippen molar-refractivity contribution in [2.75, 3.05) is 18.2 Å². The number of β-amino-alcohol motifs (C(OH)–C–C–N with tert-alkyl or cyclic N) is 1. The Hall–Kier alpha value is -1.20. The van der Waals surface area contributed by atoms with E-state index in [1.807, 2.05) is 0 Å². The van der Waals surface area contributed by atoms with Gasteiger partial charge in [0.05, 0.1) is 12.6 Å². The molecule has 1 saturated heterocycles. The van der Waals surface area contributed by atoms with Gasteiger partial charge in [-0.1, -0.05) is 6.42 Å². The predicted molar refractivity (Wildman–Crippen MR) is 62.6 cm³/mol. The van der Waals surface area contributed by atoms with Crippen molar-refractivity contribution in [1.82, 2.24) is 9.97 Å². The van der Waals surface area contributed by atoms with Crippen LogP contribution in [0.25, 0.3) is 0 Å². The summed E-state index contributed by atoms with van der Waals surface area (Å²) in [5, 5.41) is 11.2. The van der Waals surface area contributed by atoms with Gasteiger partial charge in [0.15, 0.2) is 5.82 Å². The van der Waals surface area contributed by atoms with Crippen LogP contribution in [0.5, 0.6) is 0 Å². The lowest BCUT2D eigenvalue weighted by Crippen LogP contribution is -2.23. The van der Waals surface area contributed by atoms with Gasteiger partial charge < -0.3 is 5.11 Å². The Bertz CT molecular complexity index is 411. The smallest absolute Gasteiger partial charge is 0.159 e. The lowest BCUT2D eigenvalue weighted by atomic mass is 10.1. The third-order valence-corrected chi connectivity index (χ3v) is 3.39. The summed E-state index contributed by atoms with van der Waals surface area (Å²) in [4.78, 5) is 14.2. The molecule has 5 heteroatoms. The van der Waals surface area contributed by atoms with Crippen LogP contribution in [0.1, 0.15) is 30.5 Å². The minimum atomic E-state index is -0.411. The normalized spacial score (nSPS) is 24.5. The SMILES string of the molecule is OC1CON(c2ncnc3c2CCCCC3)C1. The van der Waals surface area contributed by atoms with Gasteiger partial charge in [0.1, 0.15) is 12.9 Å². The van der Waals surface area contributed by atoms with Crippen molar-refractivity contribution in [3.05, 3.63) is 17.6 Å². The predicted octanol–water partition coefficient (Wildman–Crippen LogP) is 0.858. The van der Waals surface area contributed by atoms with Crippen molar-refractivity contribution < 1.29 is 9.94 Å². The molecule has 1 N–H and O–H groups in total. The molecule has 1 unspecified atom stereocenters. The molecule has 1 aliphatic carbocycles. The van der Waals surface area contributed by atoms with Crippen LogP contribution in [-0.2, 0) is 17.7 Å². The van der Waals surface area contributed by atoms with Crippen LogP contribution in [0.4, 0.5) is 5.82 Å². The molecule has 0 radical (unpaired) electrons. The number of hydrogen-bond donors (Lipinski definition) is 1. The van der Waals surface area contributed by atoms with Gasteiger partial charge in [0.2, 0.25) is 0 Å². The van der Waals surface area contributed by atoms with Crippen LogP contribution in [0.15, 0.2) is 6.33 Å². The Kier molecular flexibility index (Phi) is 2.94. The Morgan fingerprint density at radius 3 is 2.94 bits per heavy atom. The van der Waals surface area contributed by atoms with E-state index in [-0.39, 0.29) is 0 Å². The number of hydroxylamine groups is 1. The lowest BCUT2D eigenvalue weighted by molar-refractivity contribution is 0.115. The molecule has 0 aromatic carbocycles. The van der Waals surface area contributed by atoms with Gasteiger partial charge in [0.25, 0.3) is 0 Å². The fourth-order valence-corrected chi connectivity index (χ4v) is 2.52. The molecule has 1 aromatic heterocycles. The zero-order valence-corrected chi connectivity index (χ0v) is 9.80. The van der Waals surface area contributed by atoms with E-state index in [1.54, 1.807) is 11.4 Å². The highest BCUT2D eigenvalue weighted by Gasteiger charge is 2.26. The summed E-state index contributed by atoms with van der Waals surface area (Å²) in [7, 11) is 0. The molecule has 2 aliphatic rings. The van der Waals surface area contributed by atoms with Gasteiger partial charge in [-0.05, 0) is 25.7 Å². The third kappa shape index (κ3) is 2.12.